The van der Waals surface area contributed by atoms with E-state index in [0.29, 0.717) is 5.69 Å². The van der Waals surface area contributed by atoms with Crippen molar-refractivity contribution >= 4 is 15.9 Å². The van der Waals surface area contributed by atoms with Gasteiger partial charge in [0.1, 0.15) is 0 Å². The highest BCUT2D eigenvalue weighted by Gasteiger charge is 1.97. The maximum atomic E-state index is 8.72. The van der Waals surface area contributed by atoms with Crippen molar-refractivity contribution in [1.82, 2.24) is 4.98 Å². The average Bonchev–Trinajstić information content (AvgIpc) is 1.88. The lowest BCUT2D eigenvalue weighted by atomic mass is 10.3. The van der Waals surface area contributed by atoms with Gasteiger partial charge < -0.3 is 5.11 Å². The molecular formula is C7H8BrNO. The second kappa shape index (κ2) is 3.12. The first-order valence-corrected chi connectivity index (χ1v) is 3.75. The van der Waals surface area contributed by atoms with Crippen molar-refractivity contribution in [2.75, 3.05) is 0 Å². The number of aromatic nitrogens is 1. The molecule has 0 atom stereocenters. The van der Waals surface area contributed by atoms with E-state index in [0.717, 1.165) is 10.0 Å². The molecule has 0 saturated heterocycles. The zero-order valence-electron chi connectivity index (χ0n) is 5.63. The number of nitrogens with zero attached hydrogens (tertiary/aromatic N) is 1. The minimum Gasteiger partial charge on any atom is -0.390 e. The van der Waals surface area contributed by atoms with Gasteiger partial charge in [0.05, 0.1) is 12.3 Å². The van der Waals surface area contributed by atoms with Gasteiger partial charge in [-0.2, -0.15) is 0 Å². The molecule has 0 spiro atoms. The molecule has 3 heteroatoms. The molecule has 0 aromatic carbocycles. The Morgan fingerprint density at radius 1 is 1.70 bits per heavy atom. The summed E-state index contributed by atoms with van der Waals surface area (Å²) in [4.78, 5) is 4.00. The maximum Gasteiger partial charge on any atom is 0.0864 e. The molecule has 0 unspecified atom stereocenters. The topological polar surface area (TPSA) is 33.1 Å². The van der Waals surface area contributed by atoms with Crippen LogP contribution in [-0.2, 0) is 6.61 Å². The summed E-state index contributed by atoms with van der Waals surface area (Å²) in [5, 5.41) is 8.72. The summed E-state index contributed by atoms with van der Waals surface area (Å²) in [5.41, 5.74) is 1.77. The summed E-state index contributed by atoms with van der Waals surface area (Å²) in [7, 11) is 0. The summed E-state index contributed by atoms with van der Waals surface area (Å²) < 4.78 is 0.870. The van der Waals surface area contributed by atoms with E-state index in [9.17, 15) is 0 Å². The van der Waals surface area contributed by atoms with E-state index in [-0.39, 0.29) is 6.61 Å². The Bertz CT molecular complexity index is 237. The van der Waals surface area contributed by atoms with Crippen LogP contribution < -0.4 is 0 Å². The second-order valence-corrected chi connectivity index (χ2v) is 2.95. The van der Waals surface area contributed by atoms with Crippen LogP contribution in [0.25, 0.3) is 0 Å². The second-order valence-electron chi connectivity index (χ2n) is 2.10. The minimum atomic E-state index is -0.0130. The summed E-state index contributed by atoms with van der Waals surface area (Å²) in [6.07, 6.45) is 1.73. The standard InChI is InChI=1S/C7H8BrNO/c1-5-2-6(8)7(4-10)9-3-5/h2-3,10H,4H2,1H3. The molecule has 1 rings (SSSR count). The number of hydrogen-bond acceptors (Lipinski definition) is 2. The van der Waals surface area contributed by atoms with Crippen molar-refractivity contribution in [1.29, 1.82) is 0 Å². The number of pyridine rings is 1. The van der Waals surface area contributed by atoms with Gasteiger partial charge in [-0.25, -0.2) is 0 Å². The van der Waals surface area contributed by atoms with E-state index in [1.54, 1.807) is 6.20 Å². The Balaban J connectivity index is 3.07. The molecule has 10 heavy (non-hydrogen) atoms. The molecule has 0 aliphatic carbocycles. The van der Waals surface area contributed by atoms with Gasteiger partial charge in [-0.05, 0) is 34.5 Å². The molecule has 0 aliphatic heterocycles. The van der Waals surface area contributed by atoms with Crippen molar-refractivity contribution in [3.63, 3.8) is 0 Å². The predicted octanol–water partition coefficient (Wildman–Crippen LogP) is 1.64. The normalized spacial score (nSPS) is 9.90. The first-order chi connectivity index (χ1) is 4.74. The Morgan fingerprint density at radius 2 is 2.40 bits per heavy atom. The molecule has 0 aliphatic rings. The van der Waals surface area contributed by atoms with Crippen molar-refractivity contribution in [3.8, 4) is 0 Å². The zero-order chi connectivity index (χ0) is 7.56. The molecule has 1 heterocycles. The monoisotopic (exact) mass is 201 g/mol. The lowest BCUT2D eigenvalue weighted by molar-refractivity contribution is 0.276. The van der Waals surface area contributed by atoms with Crippen LogP contribution in [0.1, 0.15) is 11.3 Å². The number of aliphatic hydroxyl groups excluding tert-OH is 1. The maximum absolute atomic E-state index is 8.72. The number of halogens is 1. The van der Waals surface area contributed by atoms with Gasteiger partial charge >= 0.3 is 0 Å². The number of hydrogen-bond donors (Lipinski definition) is 1. The van der Waals surface area contributed by atoms with Crippen molar-refractivity contribution in [2.45, 2.75) is 13.5 Å². The van der Waals surface area contributed by atoms with Crippen molar-refractivity contribution in [2.24, 2.45) is 0 Å². The summed E-state index contributed by atoms with van der Waals surface area (Å²) in [6.45, 7) is 1.94. The van der Waals surface area contributed by atoms with Gasteiger partial charge in [0.25, 0.3) is 0 Å². The Morgan fingerprint density at radius 3 is 2.90 bits per heavy atom. The minimum absolute atomic E-state index is 0.0130. The van der Waals surface area contributed by atoms with Crippen LogP contribution >= 0.6 is 15.9 Å². The van der Waals surface area contributed by atoms with Crippen LogP contribution in [0.4, 0.5) is 0 Å². The molecule has 54 valence electrons. The lowest BCUT2D eigenvalue weighted by Gasteiger charge is -1.98. The molecule has 0 amide bonds. The molecule has 0 radical (unpaired) electrons. The summed E-state index contributed by atoms with van der Waals surface area (Å²) in [6, 6.07) is 1.93. The van der Waals surface area contributed by atoms with E-state index < -0.39 is 0 Å². The fourth-order valence-electron chi connectivity index (χ4n) is 0.678. The SMILES string of the molecule is Cc1cnc(CO)c(Br)c1. The Hall–Kier alpha value is -0.410. The van der Waals surface area contributed by atoms with Crippen molar-refractivity contribution in [3.05, 3.63) is 28.0 Å². The van der Waals surface area contributed by atoms with Crippen LogP contribution in [0, 0.1) is 6.92 Å². The first-order valence-electron chi connectivity index (χ1n) is 2.96. The average molecular weight is 202 g/mol. The third-order valence-electron chi connectivity index (χ3n) is 1.20. The zero-order valence-corrected chi connectivity index (χ0v) is 7.22. The fraction of sp³-hybridized carbons (Fsp3) is 0.286. The summed E-state index contributed by atoms with van der Waals surface area (Å²) >= 11 is 3.28. The van der Waals surface area contributed by atoms with Crippen molar-refractivity contribution < 1.29 is 5.11 Å². The Kier molecular flexibility index (Phi) is 2.40. The molecule has 0 saturated carbocycles. The molecular weight excluding hydrogens is 194 g/mol. The predicted molar refractivity (Wildman–Crippen MR) is 42.6 cm³/mol. The lowest BCUT2D eigenvalue weighted by Crippen LogP contribution is -1.90. The number of aryl methyl sites for hydroxylation is 1. The van der Waals surface area contributed by atoms with Gasteiger partial charge in [-0.3, -0.25) is 4.98 Å². The summed E-state index contributed by atoms with van der Waals surface area (Å²) in [5.74, 6) is 0. The molecule has 1 N–H and O–H groups in total. The fourth-order valence-corrected chi connectivity index (χ4v) is 1.27. The molecule has 2 nitrogen and oxygen atoms in total. The van der Waals surface area contributed by atoms with E-state index in [1.807, 2.05) is 13.0 Å². The molecule has 1 aromatic rings. The van der Waals surface area contributed by atoms with Crippen LogP contribution in [0.3, 0.4) is 0 Å². The van der Waals surface area contributed by atoms with E-state index in [1.165, 1.54) is 0 Å². The van der Waals surface area contributed by atoms with Gasteiger partial charge in [-0.1, -0.05) is 0 Å². The van der Waals surface area contributed by atoms with E-state index in [4.69, 9.17) is 5.11 Å². The Labute approximate surface area is 68.0 Å². The van der Waals surface area contributed by atoms with Crippen LogP contribution in [0.5, 0.6) is 0 Å². The van der Waals surface area contributed by atoms with Gasteiger partial charge in [0.2, 0.25) is 0 Å². The third-order valence-corrected chi connectivity index (χ3v) is 1.89. The highest BCUT2D eigenvalue weighted by atomic mass is 79.9. The number of rotatable bonds is 1. The largest absolute Gasteiger partial charge is 0.390 e. The highest BCUT2D eigenvalue weighted by Crippen LogP contribution is 2.14. The first kappa shape index (κ1) is 7.69. The van der Waals surface area contributed by atoms with Crippen LogP contribution in [0.15, 0.2) is 16.7 Å². The third kappa shape index (κ3) is 1.55. The highest BCUT2D eigenvalue weighted by molar-refractivity contribution is 9.10. The number of aliphatic hydroxyl groups is 1. The van der Waals surface area contributed by atoms with E-state index in [2.05, 4.69) is 20.9 Å². The quantitative estimate of drug-likeness (QED) is 0.750. The van der Waals surface area contributed by atoms with Crippen LogP contribution in [-0.4, -0.2) is 10.1 Å². The van der Waals surface area contributed by atoms with Gasteiger partial charge in [0.15, 0.2) is 0 Å². The van der Waals surface area contributed by atoms with Gasteiger partial charge in [-0.15, -0.1) is 0 Å². The molecule has 0 bridgehead atoms. The molecule has 1 aromatic heterocycles. The van der Waals surface area contributed by atoms with Gasteiger partial charge in [0, 0.05) is 10.7 Å². The van der Waals surface area contributed by atoms with Crippen LogP contribution in [0.2, 0.25) is 0 Å². The smallest absolute Gasteiger partial charge is 0.0864 e. The molecule has 0 fully saturated rings. The van der Waals surface area contributed by atoms with E-state index >= 15 is 0 Å².